The highest BCUT2D eigenvalue weighted by atomic mass is 16.3. The van der Waals surface area contributed by atoms with Crippen LogP contribution < -0.4 is 10.6 Å². The second kappa shape index (κ2) is 6.39. The highest BCUT2D eigenvalue weighted by Gasteiger charge is 2.08. The zero-order valence-electron chi connectivity index (χ0n) is 10.2. The molecule has 0 radical (unpaired) electrons. The first-order valence-electron chi connectivity index (χ1n) is 5.86. The van der Waals surface area contributed by atoms with Gasteiger partial charge in [-0.05, 0) is 18.6 Å². The van der Waals surface area contributed by atoms with Crippen molar-refractivity contribution in [3.05, 3.63) is 36.5 Å². The molecule has 0 aromatic carbocycles. The predicted octanol–water partition coefficient (Wildman–Crippen LogP) is 1.15. The van der Waals surface area contributed by atoms with E-state index in [1.54, 1.807) is 24.5 Å². The Bertz CT molecular complexity index is 519. The van der Waals surface area contributed by atoms with Gasteiger partial charge < -0.3 is 14.7 Å². The van der Waals surface area contributed by atoms with Gasteiger partial charge in [-0.3, -0.25) is 14.9 Å². The number of H-pyrrole nitrogens is 1. The molecule has 0 aliphatic heterocycles. The van der Waals surface area contributed by atoms with Gasteiger partial charge in [0.2, 0.25) is 11.9 Å². The van der Waals surface area contributed by atoms with Crippen molar-refractivity contribution in [3.63, 3.8) is 0 Å². The standard InChI is InChI=1S/C12H14N4O3/c17-10(16-12-14-6-7-15-12)4-1-5-13-11(18)9-3-2-8-19-9/h2-3,6-8H,1,4-5H2,(H,13,18)(H2,14,15,16,17). The zero-order valence-corrected chi connectivity index (χ0v) is 10.2. The van der Waals surface area contributed by atoms with Crippen LogP contribution in [0.1, 0.15) is 23.4 Å². The van der Waals surface area contributed by atoms with E-state index in [1.807, 2.05) is 0 Å². The molecule has 7 nitrogen and oxygen atoms in total. The number of anilines is 1. The summed E-state index contributed by atoms with van der Waals surface area (Å²) in [6, 6.07) is 3.23. The quantitative estimate of drug-likeness (QED) is 0.680. The molecule has 100 valence electrons. The van der Waals surface area contributed by atoms with Gasteiger partial charge in [0.15, 0.2) is 5.76 Å². The van der Waals surface area contributed by atoms with E-state index in [0.29, 0.717) is 25.3 Å². The van der Waals surface area contributed by atoms with Crippen molar-refractivity contribution in [3.8, 4) is 0 Å². The summed E-state index contributed by atoms with van der Waals surface area (Å²) in [5.74, 6) is 0.253. The summed E-state index contributed by atoms with van der Waals surface area (Å²) < 4.78 is 4.94. The smallest absolute Gasteiger partial charge is 0.286 e. The van der Waals surface area contributed by atoms with Gasteiger partial charge in [0.25, 0.3) is 5.91 Å². The van der Waals surface area contributed by atoms with Gasteiger partial charge in [0.1, 0.15) is 0 Å². The monoisotopic (exact) mass is 262 g/mol. The van der Waals surface area contributed by atoms with Crippen molar-refractivity contribution in [1.82, 2.24) is 15.3 Å². The van der Waals surface area contributed by atoms with Crippen molar-refractivity contribution < 1.29 is 14.0 Å². The minimum Gasteiger partial charge on any atom is -0.459 e. The van der Waals surface area contributed by atoms with Crippen molar-refractivity contribution >= 4 is 17.8 Å². The van der Waals surface area contributed by atoms with Crippen LogP contribution in [-0.4, -0.2) is 28.3 Å². The molecule has 0 unspecified atom stereocenters. The van der Waals surface area contributed by atoms with E-state index in [4.69, 9.17) is 4.42 Å². The molecule has 7 heteroatoms. The number of imidazole rings is 1. The average Bonchev–Trinajstić information content (AvgIpc) is 3.06. The number of aromatic nitrogens is 2. The van der Waals surface area contributed by atoms with Crippen molar-refractivity contribution in [1.29, 1.82) is 0 Å². The third-order valence-electron chi connectivity index (χ3n) is 2.37. The lowest BCUT2D eigenvalue weighted by atomic mass is 10.3. The van der Waals surface area contributed by atoms with E-state index in [-0.39, 0.29) is 17.6 Å². The van der Waals surface area contributed by atoms with E-state index in [9.17, 15) is 9.59 Å². The molecule has 2 heterocycles. The lowest BCUT2D eigenvalue weighted by Crippen LogP contribution is -2.25. The lowest BCUT2D eigenvalue weighted by molar-refractivity contribution is -0.116. The van der Waals surface area contributed by atoms with Gasteiger partial charge in [-0.25, -0.2) is 4.98 Å². The zero-order chi connectivity index (χ0) is 13.5. The van der Waals surface area contributed by atoms with Gasteiger partial charge in [-0.15, -0.1) is 0 Å². The van der Waals surface area contributed by atoms with E-state index in [2.05, 4.69) is 20.6 Å². The molecule has 0 aliphatic carbocycles. The number of nitrogens with zero attached hydrogens (tertiary/aromatic N) is 1. The normalized spacial score (nSPS) is 10.1. The van der Waals surface area contributed by atoms with Crippen LogP contribution in [0.3, 0.4) is 0 Å². The maximum Gasteiger partial charge on any atom is 0.286 e. The topological polar surface area (TPSA) is 100 Å². The van der Waals surface area contributed by atoms with Gasteiger partial charge >= 0.3 is 0 Å². The summed E-state index contributed by atoms with van der Waals surface area (Å²) in [7, 11) is 0. The molecule has 3 N–H and O–H groups in total. The minimum atomic E-state index is -0.281. The number of carbonyl (C=O) groups is 2. The average molecular weight is 262 g/mol. The lowest BCUT2D eigenvalue weighted by Gasteiger charge is -2.03. The Balaban J connectivity index is 1.61. The summed E-state index contributed by atoms with van der Waals surface area (Å²) in [4.78, 5) is 29.6. The summed E-state index contributed by atoms with van der Waals surface area (Å²) in [6.45, 7) is 0.408. The molecule has 19 heavy (non-hydrogen) atoms. The van der Waals surface area contributed by atoms with Gasteiger partial charge in [0, 0.05) is 25.4 Å². The van der Waals surface area contributed by atoms with E-state index >= 15 is 0 Å². The molecule has 0 aliphatic rings. The second-order valence-electron chi connectivity index (χ2n) is 3.82. The fourth-order valence-electron chi connectivity index (χ4n) is 1.47. The summed E-state index contributed by atoms with van der Waals surface area (Å²) in [6.07, 6.45) is 5.46. The highest BCUT2D eigenvalue weighted by molar-refractivity contribution is 5.91. The molecule has 2 aromatic heterocycles. The third kappa shape index (κ3) is 3.98. The highest BCUT2D eigenvalue weighted by Crippen LogP contribution is 2.00. The summed E-state index contributed by atoms with van der Waals surface area (Å²) in [5.41, 5.74) is 0. The maximum atomic E-state index is 11.5. The molecular weight excluding hydrogens is 248 g/mol. The van der Waals surface area contributed by atoms with Crippen LogP contribution in [0.2, 0.25) is 0 Å². The van der Waals surface area contributed by atoms with E-state index in [0.717, 1.165) is 0 Å². The van der Waals surface area contributed by atoms with Gasteiger partial charge in [-0.2, -0.15) is 0 Å². The Morgan fingerprint density at radius 3 is 3.00 bits per heavy atom. The Kier molecular flexibility index (Phi) is 4.33. The van der Waals surface area contributed by atoms with Crippen LogP contribution >= 0.6 is 0 Å². The maximum absolute atomic E-state index is 11.5. The number of carbonyl (C=O) groups excluding carboxylic acids is 2. The predicted molar refractivity (Wildman–Crippen MR) is 67.5 cm³/mol. The summed E-state index contributed by atoms with van der Waals surface area (Å²) in [5, 5.41) is 5.26. The largest absolute Gasteiger partial charge is 0.459 e. The van der Waals surface area contributed by atoms with Gasteiger partial charge in [0.05, 0.1) is 6.26 Å². The molecule has 0 atom stereocenters. The fraction of sp³-hybridized carbons (Fsp3) is 0.250. The molecule has 0 bridgehead atoms. The van der Waals surface area contributed by atoms with Crippen molar-refractivity contribution in [2.24, 2.45) is 0 Å². The number of rotatable bonds is 6. The summed E-state index contributed by atoms with van der Waals surface area (Å²) >= 11 is 0. The number of aromatic amines is 1. The van der Waals surface area contributed by atoms with Crippen LogP contribution in [0.15, 0.2) is 35.2 Å². The number of nitrogens with one attached hydrogen (secondary N) is 3. The minimum absolute atomic E-state index is 0.151. The Hall–Kier alpha value is -2.57. The van der Waals surface area contributed by atoms with Crippen LogP contribution in [0.5, 0.6) is 0 Å². The van der Waals surface area contributed by atoms with E-state index in [1.165, 1.54) is 6.26 Å². The second-order valence-corrected chi connectivity index (χ2v) is 3.82. The van der Waals surface area contributed by atoms with Crippen LogP contribution in [-0.2, 0) is 4.79 Å². The fourth-order valence-corrected chi connectivity index (χ4v) is 1.47. The first-order chi connectivity index (χ1) is 9.25. The Morgan fingerprint density at radius 2 is 2.32 bits per heavy atom. The molecule has 0 saturated heterocycles. The molecular formula is C12H14N4O3. The Morgan fingerprint density at radius 1 is 1.42 bits per heavy atom. The van der Waals surface area contributed by atoms with Gasteiger partial charge in [-0.1, -0.05) is 0 Å². The number of amides is 2. The number of hydrogen-bond donors (Lipinski definition) is 3. The molecule has 0 spiro atoms. The van der Waals surface area contributed by atoms with Crippen molar-refractivity contribution in [2.75, 3.05) is 11.9 Å². The number of hydrogen-bond acceptors (Lipinski definition) is 4. The molecule has 2 amide bonds. The molecule has 0 fully saturated rings. The van der Waals surface area contributed by atoms with Crippen molar-refractivity contribution in [2.45, 2.75) is 12.8 Å². The van der Waals surface area contributed by atoms with Crippen LogP contribution in [0.4, 0.5) is 5.95 Å². The molecule has 2 aromatic rings. The number of furan rings is 1. The Labute approximate surface area is 109 Å². The van der Waals surface area contributed by atoms with Crippen LogP contribution in [0, 0.1) is 0 Å². The molecule has 2 rings (SSSR count). The SMILES string of the molecule is O=C(CCCNC(=O)c1ccco1)Nc1ncc[nH]1. The molecule has 0 saturated carbocycles. The van der Waals surface area contributed by atoms with Crippen LogP contribution in [0.25, 0.3) is 0 Å². The van der Waals surface area contributed by atoms with E-state index < -0.39 is 0 Å². The first kappa shape index (κ1) is 12.9. The first-order valence-corrected chi connectivity index (χ1v) is 5.86. The third-order valence-corrected chi connectivity index (χ3v) is 2.37.